The van der Waals surface area contributed by atoms with Gasteiger partial charge in [-0.2, -0.15) is 0 Å². The maximum absolute atomic E-state index is 12.1. The quantitative estimate of drug-likeness (QED) is 0.826. The van der Waals surface area contributed by atoms with Crippen LogP contribution in [0.25, 0.3) is 11.0 Å². The molecule has 20 heavy (non-hydrogen) atoms. The molecule has 0 spiro atoms. The number of aliphatic hydroxyl groups excluding tert-OH is 1. The molecule has 0 saturated carbocycles. The summed E-state index contributed by atoms with van der Waals surface area (Å²) in [7, 11) is 0. The number of aromatic nitrogens is 2. The number of benzene rings is 1. The number of β-amino-alcohol motifs (C(OH)–C–C–N with tert-alkyl or cyclic N) is 1. The second-order valence-corrected chi connectivity index (χ2v) is 4.96. The van der Waals surface area contributed by atoms with Crippen molar-refractivity contribution in [1.29, 1.82) is 0 Å². The van der Waals surface area contributed by atoms with Crippen LogP contribution >= 0.6 is 0 Å². The molecule has 2 N–H and O–H groups in total. The fraction of sp³-hybridized carbons (Fsp3) is 0.429. The van der Waals surface area contributed by atoms with E-state index in [1.165, 1.54) is 0 Å². The van der Waals surface area contributed by atoms with Crippen molar-refractivity contribution >= 4 is 16.9 Å². The monoisotopic (exact) mass is 274 g/mol. The van der Waals surface area contributed by atoms with Gasteiger partial charge in [0, 0.05) is 32.7 Å². The van der Waals surface area contributed by atoms with Crippen LogP contribution in [-0.2, 0) is 0 Å². The Morgan fingerprint density at radius 1 is 1.20 bits per heavy atom. The molecule has 1 saturated heterocycles. The number of anilines is 1. The summed E-state index contributed by atoms with van der Waals surface area (Å²) in [6.45, 7) is 4.07. The van der Waals surface area contributed by atoms with Crippen LogP contribution in [0.2, 0.25) is 0 Å². The third kappa shape index (κ3) is 2.52. The van der Waals surface area contributed by atoms with Crippen LogP contribution in [0.1, 0.15) is 0 Å². The summed E-state index contributed by atoms with van der Waals surface area (Å²) in [4.78, 5) is 23.7. The minimum Gasteiger partial charge on any atom is -0.395 e. The second kappa shape index (κ2) is 5.60. The first-order chi connectivity index (χ1) is 9.78. The highest BCUT2D eigenvalue weighted by atomic mass is 16.3. The highest BCUT2D eigenvalue weighted by Gasteiger charge is 2.20. The molecule has 2 heterocycles. The van der Waals surface area contributed by atoms with E-state index in [2.05, 4.69) is 14.9 Å². The van der Waals surface area contributed by atoms with E-state index in [1.807, 2.05) is 29.2 Å². The first kappa shape index (κ1) is 13.1. The number of piperazine rings is 1. The zero-order chi connectivity index (χ0) is 13.9. The number of para-hydroxylation sites is 2. The van der Waals surface area contributed by atoms with Crippen LogP contribution in [0.5, 0.6) is 0 Å². The zero-order valence-electron chi connectivity index (χ0n) is 11.2. The lowest BCUT2D eigenvalue weighted by molar-refractivity contribution is 0.188. The van der Waals surface area contributed by atoms with E-state index in [4.69, 9.17) is 5.11 Å². The highest BCUT2D eigenvalue weighted by Crippen LogP contribution is 2.13. The van der Waals surface area contributed by atoms with Crippen LogP contribution in [0.4, 0.5) is 5.82 Å². The summed E-state index contributed by atoms with van der Waals surface area (Å²) in [5.74, 6) is 0.493. The van der Waals surface area contributed by atoms with Crippen molar-refractivity contribution in [2.45, 2.75) is 0 Å². The summed E-state index contributed by atoms with van der Waals surface area (Å²) in [5, 5.41) is 8.94. The van der Waals surface area contributed by atoms with Gasteiger partial charge >= 0.3 is 0 Å². The van der Waals surface area contributed by atoms with Crippen LogP contribution in [0.15, 0.2) is 29.1 Å². The predicted molar refractivity (Wildman–Crippen MR) is 78.1 cm³/mol. The lowest BCUT2D eigenvalue weighted by Gasteiger charge is -2.34. The molecule has 6 nitrogen and oxygen atoms in total. The average molecular weight is 274 g/mol. The van der Waals surface area contributed by atoms with Gasteiger partial charge in [0.25, 0.3) is 5.56 Å². The summed E-state index contributed by atoms with van der Waals surface area (Å²) in [6, 6.07) is 7.55. The number of aromatic amines is 1. The second-order valence-electron chi connectivity index (χ2n) is 4.96. The van der Waals surface area contributed by atoms with Gasteiger partial charge in [-0.15, -0.1) is 0 Å². The van der Waals surface area contributed by atoms with E-state index in [9.17, 15) is 4.79 Å². The van der Waals surface area contributed by atoms with Crippen molar-refractivity contribution < 1.29 is 5.11 Å². The largest absolute Gasteiger partial charge is 0.395 e. The number of aliphatic hydroxyl groups is 1. The van der Waals surface area contributed by atoms with Gasteiger partial charge < -0.3 is 15.0 Å². The highest BCUT2D eigenvalue weighted by molar-refractivity contribution is 5.75. The first-order valence-corrected chi connectivity index (χ1v) is 6.85. The van der Waals surface area contributed by atoms with Gasteiger partial charge in [-0.1, -0.05) is 12.1 Å². The van der Waals surface area contributed by atoms with Crippen molar-refractivity contribution in [1.82, 2.24) is 14.9 Å². The van der Waals surface area contributed by atoms with E-state index >= 15 is 0 Å². The third-order valence-electron chi connectivity index (χ3n) is 3.67. The number of hydrogen-bond donors (Lipinski definition) is 2. The van der Waals surface area contributed by atoms with Crippen molar-refractivity contribution in [3.05, 3.63) is 34.6 Å². The molecular formula is C14H18N4O2. The number of hydrogen-bond acceptors (Lipinski definition) is 5. The van der Waals surface area contributed by atoms with Gasteiger partial charge in [0.15, 0.2) is 5.82 Å². The van der Waals surface area contributed by atoms with Crippen molar-refractivity contribution in [3.8, 4) is 0 Å². The summed E-state index contributed by atoms with van der Waals surface area (Å²) in [5.41, 5.74) is 1.43. The van der Waals surface area contributed by atoms with Gasteiger partial charge in [-0.3, -0.25) is 9.69 Å². The number of fused-ring (bicyclic) bond motifs is 1. The van der Waals surface area contributed by atoms with Gasteiger partial charge in [0.1, 0.15) is 0 Å². The van der Waals surface area contributed by atoms with Crippen LogP contribution in [-0.4, -0.2) is 59.3 Å². The Balaban J connectivity index is 1.84. The minimum absolute atomic E-state index is 0.140. The maximum Gasteiger partial charge on any atom is 0.291 e. The topological polar surface area (TPSA) is 72.5 Å². The maximum atomic E-state index is 12.1. The summed E-state index contributed by atoms with van der Waals surface area (Å²) in [6.07, 6.45) is 0. The standard InChI is InChI=1S/C14H18N4O2/c19-10-9-17-5-7-18(8-6-17)13-14(20)16-12-4-2-1-3-11(12)15-13/h1-4,19H,5-10H2,(H,16,20). The Hall–Kier alpha value is -1.92. The predicted octanol–water partition coefficient (Wildman–Crippen LogP) is 0.0374. The van der Waals surface area contributed by atoms with Crippen molar-refractivity contribution in [2.24, 2.45) is 0 Å². The van der Waals surface area contributed by atoms with E-state index < -0.39 is 0 Å². The van der Waals surface area contributed by atoms with E-state index in [-0.39, 0.29) is 12.2 Å². The van der Waals surface area contributed by atoms with Crippen LogP contribution < -0.4 is 10.5 Å². The molecule has 3 rings (SSSR count). The normalized spacial score (nSPS) is 16.8. The Kier molecular flexibility index (Phi) is 3.66. The number of rotatable bonds is 3. The molecule has 0 unspecified atom stereocenters. The van der Waals surface area contributed by atoms with E-state index in [0.29, 0.717) is 12.4 Å². The number of nitrogens with one attached hydrogen (secondary N) is 1. The van der Waals surface area contributed by atoms with Gasteiger partial charge in [-0.05, 0) is 12.1 Å². The van der Waals surface area contributed by atoms with Gasteiger partial charge in [0.2, 0.25) is 0 Å². The van der Waals surface area contributed by atoms with E-state index in [1.54, 1.807) is 0 Å². The molecule has 6 heteroatoms. The van der Waals surface area contributed by atoms with Crippen molar-refractivity contribution in [2.75, 3.05) is 44.2 Å². The molecular weight excluding hydrogens is 256 g/mol. The van der Waals surface area contributed by atoms with Crippen LogP contribution in [0.3, 0.4) is 0 Å². The molecule has 0 bridgehead atoms. The SMILES string of the molecule is O=c1[nH]c2ccccc2nc1N1CCN(CCO)CC1. The first-order valence-electron chi connectivity index (χ1n) is 6.85. The molecule has 0 radical (unpaired) electrons. The Morgan fingerprint density at radius 2 is 1.95 bits per heavy atom. The van der Waals surface area contributed by atoms with E-state index in [0.717, 1.165) is 37.2 Å². The van der Waals surface area contributed by atoms with Gasteiger partial charge in [-0.25, -0.2) is 4.98 Å². The Bertz CT molecular complexity index is 647. The molecule has 106 valence electrons. The Labute approximate surface area is 116 Å². The lowest BCUT2D eigenvalue weighted by Crippen LogP contribution is -2.48. The molecule has 0 aliphatic carbocycles. The molecule has 1 fully saturated rings. The van der Waals surface area contributed by atoms with Crippen molar-refractivity contribution in [3.63, 3.8) is 0 Å². The van der Waals surface area contributed by atoms with Gasteiger partial charge in [0.05, 0.1) is 17.6 Å². The molecule has 1 aliphatic heterocycles. The minimum atomic E-state index is -0.140. The summed E-state index contributed by atoms with van der Waals surface area (Å²) >= 11 is 0. The average Bonchev–Trinajstić information content (AvgIpc) is 2.48. The molecule has 1 aromatic carbocycles. The molecule has 1 aromatic heterocycles. The number of nitrogens with zero attached hydrogens (tertiary/aromatic N) is 3. The molecule has 0 amide bonds. The lowest BCUT2D eigenvalue weighted by atomic mass is 10.3. The Morgan fingerprint density at radius 3 is 2.70 bits per heavy atom. The number of H-pyrrole nitrogens is 1. The smallest absolute Gasteiger partial charge is 0.291 e. The fourth-order valence-corrected chi connectivity index (χ4v) is 2.56. The van der Waals surface area contributed by atoms with Crippen LogP contribution in [0, 0.1) is 0 Å². The molecule has 1 aliphatic rings. The zero-order valence-corrected chi connectivity index (χ0v) is 11.2. The molecule has 0 atom stereocenters. The third-order valence-corrected chi connectivity index (χ3v) is 3.67. The molecule has 2 aromatic rings. The summed E-state index contributed by atoms with van der Waals surface area (Å²) < 4.78 is 0. The fourth-order valence-electron chi connectivity index (χ4n) is 2.56.